The summed E-state index contributed by atoms with van der Waals surface area (Å²) in [6, 6.07) is 8.39. The lowest BCUT2D eigenvalue weighted by Gasteiger charge is -1.99. The van der Waals surface area contributed by atoms with Crippen LogP contribution < -0.4 is 5.63 Å². The average Bonchev–Trinajstić information content (AvgIpc) is 2.16. The van der Waals surface area contributed by atoms with Crippen LogP contribution in [0.1, 0.15) is 5.56 Å². The highest BCUT2D eigenvalue weighted by Gasteiger charge is 2.04. The molecule has 0 aliphatic carbocycles. The maximum absolute atomic E-state index is 11.2. The molecule has 0 spiro atoms. The summed E-state index contributed by atoms with van der Waals surface area (Å²) < 4.78 is 5.64. The first-order valence-electron chi connectivity index (χ1n) is 4.44. The van der Waals surface area contributed by atoms with Gasteiger partial charge in [0.2, 0.25) is 0 Å². The van der Waals surface area contributed by atoms with Crippen LogP contribution >= 0.6 is 0 Å². The van der Waals surface area contributed by atoms with E-state index in [1.54, 1.807) is 18.2 Å². The molecule has 0 N–H and O–H groups in total. The van der Waals surface area contributed by atoms with Crippen LogP contribution in [0.15, 0.2) is 39.5 Å². The van der Waals surface area contributed by atoms with Gasteiger partial charge in [-0.3, -0.25) is 0 Å². The maximum Gasteiger partial charge on any atom is 0.337 e. The summed E-state index contributed by atoms with van der Waals surface area (Å²) in [5.74, 6) is 0. The van der Waals surface area contributed by atoms with Crippen LogP contribution in [-0.4, -0.2) is 18.0 Å². The molecule has 1 aromatic heterocycles. The number of nitrogens with zero attached hydrogens (tertiary/aromatic N) is 1. The Morgan fingerprint density at radius 3 is 2.87 bits per heavy atom. The van der Waals surface area contributed by atoms with Gasteiger partial charge >= 0.3 is 5.63 Å². The second kappa shape index (κ2) is 3.57. The molecule has 0 aliphatic rings. The van der Waals surface area contributed by atoms with Crippen molar-refractivity contribution in [3.63, 3.8) is 0 Å². The smallest absolute Gasteiger partial charge is 0.337 e. The van der Waals surface area contributed by atoms with Gasteiger partial charge in [0.05, 0.1) is 5.56 Å². The van der Waals surface area contributed by atoms with E-state index >= 15 is 0 Å². The van der Waals surface area contributed by atoms with Crippen molar-refractivity contribution < 1.29 is 9.16 Å². The molecule has 4 heteroatoms. The summed E-state index contributed by atoms with van der Waals surface area (Å²) in [5, 5.41) is 11.6. The molecule has 76 valence electrons. The highest BCUT2D eigenvalue weighted by Crippen LogP contribution is 2.14. The van der Waals surface area contributed by atoms with Crippen LogP contribution in [0.25, 0.3) is 11.0 Å². The minimum absolute atomic E-state index is 0.457. The summed E-state index contributed by atoms with van der Waals surface area (Å²) in [7, 11) is 1.36. The Morgan fingerprint density at radius 2 is 2.13 bits per heavy atom. The van der Waals surface area contributed by atoms with E-state index in [0.717, 1.165) is 5.39 Å². The number of hydroxylamine groups is 1. The number of para-hydroxylation sites is 1. The van der Waals surface area contributed by atoms with E-state index in [4.69, 9.17) is 4.42 Å². The summed E-state index contributed by atoms with van der Waals surface area (Å²) in [6.07, 6.45) is 1.35. The monoisotopic (exact) mass is 203 g/mol. The van der Waals surface area contributed by atoms with Crippen molar-refractivity contribution in [2.75, 3.05) is 7.05 Å². The quantitative estimate of drug-likeness (QED) is 0.231. The Bertz CT molecular complexity index is 580. The van der Waals surface area contributed by atoms with Gasteiger partial charge in [0.1, 0.15) is 12.6 Å². The Hall–Kier alpha value is -2.10. The number of hydrogen-bond acceptors (Lipinski definition) is 3. The second-order valence-corrected chi connectivity index (χ2v) is 3.19. The van der Waals surface area contributed by atoms with Crippen molar-refractivity contribution in [3.8, 4) is 0 Å². The number of fused-ring (bicyclic) bond motifs is 1. The number of rotatable bonds is 1. The molecule has 0 aliphatic heterocycles. The lowest BCUT2D eigenvalue weighted by atomic mass is 10.1. The Morgan fingerprint density at radius 1 is 1.40 bits per heavy atom. The molecular formula is C11H9NO3. The Balaban J connectivity index is 2.83. The molecule has 1 heterocycles. The highest BCUT2D eigenvalue weighted by atomic mass is 16.5. The van der Waals surface area contributed by atoms with Crippen molar-refractivity contribution in [1.82, 2.24) is 0 Å². The fourth-order valence-corrected chi connectivity index (χ4v) is 1.44. The molecule has 0 amide bonds. The van der Waals surface area contributed by atoms with E-state index in [9.17, 15) is 10.0 Å². The van der Waals surface area contributed by atoms with Gasteiger partial charge < -0.3 is 9.62 Å². The zero-order valence-electron chi connectivity index (χ0n) is 8.14. The van der Waals surface area contributed by atoms with Crippen LogP contribution in [0.4, 0.5) is 0 Å². The minimum Gasteiger partial charge on any atom is -0.624 e. The summed E-state index contributed by atoms with van der Waals surface area (Å²) in [4.78, 5) is 11.2. The Kier molecular flexibility index (Phi) is 2.25. The third-order valence-electron chi connectivity index (χ3n) is 2.00. The summed E-state index contributed by atoms with van der Waals surface area (Å²) in [5.41, 5.74) is 0.597. The van der Waals surface area contributed by atoms with E-state index in [1.807, 2.05) is 6.07 Å². The molecule has 0 radical (unpaired) electrons. The fourth-order valence-electron chi connectivity index (χ4n) is 1.44. The van der Waals surface area contributed by atoms with Crippen molar-refractivity contribution in [1.29, 1.82) is 0 Å². The molecule has 2 aromatic rings. The first-order chi connectivity index (χ1) is 7.16. The highest BCUT2D eigenvalue weighted by molar-refractivity contribution is 5.95. The predicted octanol–water partition coefficient (Wildman–Crippen LogP) is 1.35. The fraction of sp³-hybridized carbons (Fsp3) is 0.0909. The third kappa shape index (κ3) is 1.88. The van der Waals surface area contributed by atoms with Crippen molar-refractivity contribution in [2.45, 2.75) is 0 Å². The SMILES string of the molecule is C/[N+]([O-])=C/c1cc(=O)oc2ccccc12. The molecule has 15 heavy (non-hydrogen) atoms. The zero-order chi connectivity index (χ0) is 10.8. The zero-order valence-corrected chi connectivity index (χ0v) is 8.14. The Labute approximate surface area is 85.7 Å². The van der Waals surface area contributed by atoms with Crippen LogP contribution in [0.5, 0.6) is 0 Å². The van der Waals surface area contributed by atoms with Crippen LogP contribution in [0.2, 0.25) is 0 Å². The molecule has 2 rings (SSSR count). The molecule has 0 saturated carbocycles. The topological polar surface area (TPSA) is 56.3 Å². The van der Waals surface area contributed by atoms with Crippen molar-refractivity contribution in [3.05, 3.63) is 51.5 Å². The lowest BCUT2D eigenvalue weighted by molar-refractivity contribution is -0.416. The van der Waals surface area contributed by atoms with Gasteiger partial charge in [0.15, 0.2) is 6.21 Å². The predicted molar refractivity (Wildman–Crippen MR) is 57.2 cm³/mol. The van der Waals surface area contributed by atoms with Gasteiger partial charge in [0.25, 0.3) is 0 Å². The standard InChI is InChI=1S/C11H9NO3/c1-12(14)7-8-6-11(13)15-10-5-3-2-4-9(8)10/h2-7H,1H3/b12-7-. The maximum atomic E-state index is 11.2. The third-order valence-corrected chi connectivity index (χ3v) is 2.00. The van der Waals surface area contributed by atoms with Gasteiger partial charge in [-0.2, -0.15) is 0 Å². The van der Waals surface area contributed by atoms with E-state index in [1.165, 1.54) is 19.3 Å². The van der Waals surface area contributed by atoms with E-state index in [-0.39, 0.29) is 0 Å². The molecule has 0 atom stereocenters. The largest absolute Gasteiger partial charge is 0.624 e. The van der Waals surface area contributed by atoms with Gasteiger partial charge in [-0.1, -0.05) is 18.2 Å². The van der Waals surface area contributed by atoms with E-state index < -0.39 is 5.63 Å². The van der Waals surface area contributed by atoms with Crippen LogP contribution in [0, 0.1) is 5.21 Å². The summed E-state index contributed by atoms with van der Waals surface area (Å²) >= 11 is 0. The van der Waals surface area contributed by atoms with E-state index in [2.05, 4.69) is 0 Å². The number of benzene rings is 1. The molecule has 0 saturated heterocycles. The first-order valence-corrected chi connectivity index (χ1v) is 4.44. The summed E-state index contributed by atoms with van der Waals surface area (Å²) in [6.45, 7) is 0. The van der Waals surface area contributed by atoms with Gasteiger partial charge in [-0.05, 0) is 6.07 Å². The average molecular weight is 203 g/mol. The van der Waals surface area contributed by atoms with Gasteiger partial charge in [0, 0.05) is 11.5 Å². The first kappa shape index (κ1) is 9.45. The molecule has 0 fully saturated rings. The minimum atomic E-state index is -0.457. The van der Waals surface area contributed by atoms with Crippen LogP contribution in [0.3, 0.4) is 0 Å². The molecule has 0 unspecified atom stereocenters. The van der Waals surface area contributed by atoms with Crippen LogP contribution in [-0.2, 0) is 0 Å². The second-order valence-electron chi connectivity index (χ2n) is 3.19. The normalized spacial score (nSPS) is 11.9. The molecule has 4 nitrogen and oxygen atoms in total. The van der Waals surface area contributed by atoms with Crippen molar-refractivity contribution >= 4 is 17.2 Å². The van der Waals surface area contributed by atoms with Crippen molar-refractivity contribution in [2.24, 2.45) is 0 Å². The number of hydrogen-bond donors (Lipinski definition) is 0. The van der Waals surface area contributed by atoms with E-state index in [0.29, 0.717) is 15.9 Å². The molecule has 1 aromatic carbocycles. The molecular weight excluding hydrogens is 194 g/mol. The molecule has 0 bridgehead atoms. The van der Waals surface area contributed by atoms with Gasteiger partial charge in [-0.15, -0.1) is 0 Å². The van der Waals surface area contributed by atoms with Gasteiger partial charge in [-0.25, -0.2) is 9.53 Å². The lowest BCUT2D eigenvalue weighted by Crippen LogP contribution is -2.04.